The maximum atomic E-state index is 4.57. The number of fused-ring (bicyclic) bond motifs is 2. The van der Waals surface area contributed by atoms with Gasteiger partial charge in [0.1, 0.15) is 0 Å². The van der Waals surface area contributed by atoms with E-state index in [0.717, 1.165) is 26.2 Å². The van der Waals surface area contributed by atoms with Gasteiger partial charge in [-0.1, -0.05) is 48.5 Å². The Hall–Kier alpha value is -3.10. The van der Waals surface area contributed by atoms with Crippen LogP contribution in [0, 0.1) is 0 Å². The number of hydrazone groups is 2. The van der Waals surface area contributed by atoms with Crippen molar-refractivity contribution in [1.82, 2.24) is 21.5 Å². The first kappa shape index (κ1) is 25.5. The number of benzene rings is 2. The molecule has 1 aliphatic carbocycles. The largest absolute Gasteiger partial charge is 0.353 e. The Kier molecular flexibility index (Phi) is 7.84. The Balaban J connectivity index is 0.00000162. The normalized spacial score (nSPS) is 24.6. The fourth-order valence-corrected chi connectivity index (χ4v) is 4.74. The average molecular weight is 501 g/mol. The Bertz CT molecular complexity index is 1010. The number of nitrogens with one attached hydrogen (secondary N) is 4. The predicted molar refractivity (Wildman–Crippen MR) is 144 cm³/mol. The molecule has 0 radical (unpaired) electrons. The molecule has 0 saturated carbocycles. The summed E-state index contributed by atoms with van der Waals surface area (Å²) in [7, 11) is 0. The minimum Gasteiger partial charge on any atom is -0.353 e. The molecule has 2 aliphatic heterocycles. The van der Waals surface area contributed by atoms with Crippen LogP contribution in [0.1, 0.15) is 36.1 Å². The molecule has 0 atom stereocenters. The maximum Gasteiger partial charge on any atom is 0.212 e. The van der Waals surface area contributed by atoms with E-state index < -0.39 is 10.8 Å². The van der Waals surface area contributed by atoms with E-state index in [9.17, 15) is 0 Å². The van der Waals surface area contributed by atoms with Crippen molar-refractivity contribution in [1.29, 1.82) is 0 Å². The number of halogens is 2. The van der Waals surface area contributed by atoms with E-state index in [1.54, 1.807) is 0 Å². The average Bonchev–Trinajstić information content (AvgIpc) is 3.53. The highest BCUT2D eigenvalue weighted by Gasteiger charge is 2.44. The Morgan fingerprint density at radius 3 is 1.35 bits per heavy atom. The number of hydrogen-bond donors (Lipinski definition) is 4. The van der Waals surface area contributed by atoms with Gasteiger partial charge in [-0.15, -0.1) is 24.8 Å². The number of rotatable bonds is 4. The van der Waals surface area contributed by atoms with Gasteiger partial charge in [0.25, 0.3) is 0 Å². The van der Waals surface area contributed by atoms with E-state index in [0.29, 0.717) is 11.9 Å². The monoisotopic (exact) mass is 500 g/mol. The van der Waals surface area contributed by atoms with Gasteiger partial charge < -0.3 is 10.6 Å². The Labute approximate surface area is 212 Å². The summed E-state index contributed by atoms with van der Waals surface area (Å²) in [4.78, 5) is 8.72. The van der Waals surface area contributed by atoms with E-state index in [1.165, 1.54) is 22.3 Å². The molecular weight excluding hydrogens is 471 g/mol. The second-order valence-electron chi connectivity index (χ2n) is 8.55. The van der Waals surface area contributed by atoms with E-state index in [-0.39, 0.29) is 24.8 Å². The predicted octanol–water partition coefficient (Wildman–Crippen LogP) is 2.52. The molecule has 2 aromatic rings. The molecule has 2 heterocycles. The van der Waals surface area contributed by atoms with Crippen LogP contribution in [-0.4, -0.2) is 50.5 Å². The van der Waals surface area contributed by atoms with Crippen molar-refractivity contribution in [3.05, 3.63) is 70.8 Å². The lowest BCUT2D eigenvalue weighted by molar-refractivity contribution is 0.646. The number of nitrogens with zero attached hydrogens (tertiary/aromatic N) is 4. The van der Waals surface area contributed by atoms with Gasteiger partial charge in [0.2, 0.25) is 11.9 Å². The molecule has 34 heavy (non-hydrogen) atoms. The third-order valence-electron chi connectivity index (χ3n) is 6.43. The molecule has 0 spiro atoms. The lowest BCUT2D eigenvalue weighted by Crippen LogP contribution is -2.42. The number of hydrogen-bond acceptors (Lipinski definition) is 8. The van der Waals surface area contributed by atoms with Crippen LogP contribution in [-0.2, 0) is 10.8 Å². The van der Waals surface area contributed by atoms with Crippen molar-refractivity contribution in [2.24, 2.45) is 20.2 Å². The highest BCUT2D eigenvalue weighted by molar-refractivity contribution is 5.91. The fourth-order valence-electron chi connectivity index (χ4n) is 4.74. The Morgan fingerprint density at radius 1 is 0.706 bits per heavy atom. The molecule has 8 nitrogen and oxygen atoms in total. The van der Waals surface area contributed by atoms with Gasteiger partial charge in [-0.3, -0.25) is 0 Å². The van der Waals surface area contributed by atoms with E-state index >= 15 is 0 Å². The SMILES string of the molecule is CC1(/C=N/NC2=NCCN2)c2ccccc2C(C)(/C=N/NC2=NCCN2)c2ccccc21.Cl.Cl. The molecule has 10 heteroatoms. The first-order valence-electron chi connectivity index (χ1n) is 11.0. The highest BCUT2D eigenvalue weighted by Crippen LogP contribution is 2.48. The summed E-state index contributed by atoms with van der Waals surface area (Å²) >= 11 is 0. The van der Waals surface area contributed by atoms with Crippen molar-refractivity contribution in [3.8, 4) is 0 Å². The zero-order valence-corrected chi connectivity index (χ0v) is 20.8. The third kappa shape index (κ3) is 4.48. The topological polar surface area (TPSA) is 97.6 Å². The first-order chi connectivity index (χ1) is 15.6. The van der Waals surface area contributed by atoms with Gasteiger partial charge in [0.15, 0.2) is 0 Å². The van der Waals surface area contributed by atoms with Crippen LogP contribution in [0.5, 0.6) is 0 Å². The van der Waals surface area contributed by atoms with Crippen molar-refractivity contribution < 1.29 is 0 Å². The van der Waals surface area contributed by atoms with Gasteiger partial charge in [0.05, 0.1) is 23.9 Å². The van der Waals surface area contributed by atoms with Crippen LogP contribution in [0.2, 0.25) is 0 Å². The summed E-state index contributed by atoms with van der Waals surface area (Å²) in [6.07, 6.45) is 3.97. The van der Waals surface area contributed by atoms with Crippen LogP contribution in [0.3, 0.4) is 0 Å². The molecule has 2 aromatic carbocycles. The highest BCUT2D eigenvalue weighted by atomic mass is 35.5. The minimum atomic E-state index is -0.406. The molecule has 4 N–H and O–H groups in total. The quantitative estimate of drug-likeness (QED) is 0.383. The first-order valence-corrected chi connectivity index (χ1v) is 11.0. The van der Waals surface area contributed by atoms with Crippen molar-refractivity contribution >= 4 is 49.2 Å². The second-order valence-corrected chi connectivity index (χ2v) is 8.55. The van der Waals surface area contributed by atoms with E-state index in [1.807, 2.05) is 12.4 Å². The van der Waals surface area contributed by atoms with Crippen molar-refractivity contribution in [2.75, 3.05) is 26.2 Å². The van der Waals surface area contributed by atoms with Crippen molar-refractivity contribution in [3.63, 3.8) is 0 Å². The summed E-state index contributed by atoms with van der Waals surface area (Å²) in [6.45, 7) is 7.66. The molecule has 3 aliphatic rings. The maximum absolute atomic E-state index is 4.57. The molecular formula is C24H30Cl2N8. The molecule has 0 unspecified atom stereocenters. The summed E-state index contributed by atoms with van der Waals surface area (Å²) in [5, 5.41) is 15.5. The second kappa shape index (κ2) is 10.4. The third-order valence-corrected chi connectivity index (χ3v) is 6.43. The van der Waals surface area contributed by atoms with Gasteiger partial charge in [-0.2, -0.15) is 10.2 Å². The van der Waals surface area contributed by atoms with Gasteiger partial charge in [-0.25, -0.2) is 20.8 Å². The summed E-state index contributed by atoms with van der Waals surface area (Å²) in [5.41, 5.74) is 10.1. The Morgan fingerprint density at radius 2 is 1.06 bits per heavy atom. The molecule has 5 rings (SSSR count). The summed E-state index contributed by atoms with van der Waals surface area (Å²) < 4.78 is 0. The van der Waals surface area contributed by atoms with Crippen LogP contribution in [0.4, 0.5) is 0 Å². The summed E-state index contributed by atoms with van der Waals surface area (Å²) in [5.74, 6) is 1.43. The van der Waals surface area contributed by atoms with Crippen LogP contribution < -0.4 is 21.5 Å². The molecule has 0 aromatic heterocycles. The molecule has 0 bridgehead atoms. The van der Waals surface area contributed by atoms with Crippen LogP contribution >= 0.6 is 24.8 Å². The fraction of sp³-hybridized carbons (Fsp3) is 0.333. The smallest absolute Gasteiger partial charge is 0.212 e. The zero-order valence-electron chi connectivity index (χ0n) is 19.2. The standard InChI is InChI=1S/C24H28N8.2ClH/c1-23(15-29-31-21-25-11-12-26-21)17-7-3-5-9-19(17)24(2,20-10-6-4-8-18(20)23)16-30-32-22-27-13-14-28-22;;/h3-10,15-16H,11-14H2,1-2H3,(H2,25,26,31)(H2,27,28,32);2*1H/b29-15+,30-16+;;. The molecule has 0 saturated heterocycles. The molecule has 0 amide bonds. The number of guanidine groups is 2. The lowest BCUT2D eigenvalue weighted by Gasteiger charge is -2.43. The van der Waals surface area contributed by atoms with E-state index in [2.05, 4.69) is 104 Å². The van der Waals surface area contributed by atoms with Crippen LogP contribution in [0.25, 0.3) is 0 Å². The van der Waals surface area contributed by atoms with Gasteiger partial charge >= 0.3 is 0 Å². The van der Waals surface area contributed by atoms with Crippen LogP contribution in [0.15, 0.2) is 68.7 Å². The minimum absolute atomic E-state index is 0. The van der Waals surface area contributed by atoms with E-state index in [4.69, 9.17) is 0 Å². The zero-order chi connectivity index (χ0) is 22.0. The molecule has 0 fully saturated rings. The van der Waals surface area contributed by atoms with Gasteiger partial charge in [0, 0.05) is 25.5 Å². The van der Waals surface area contributed by atoms with Gasteiger partial charge in [-0.05, 0) is 36.1 Å². The molecule has 180 valence electrons. The van der Waals surface area contributed by atoms with Crippen molar-refractivity contribution in [2.45, 2.75) is 24.7 Å². The number of aliphatic imine (C=N–C) groups is 2. The lowest BCUT2D eigenvalue weighted by atomic mass is 9.59. The summed E-state index contributed by atoms with van der Waals surface area (Å²) in [6, 6.07) is 17.1.